The first-order valence-corrected chi connectivity index (χ1v) is 9.40. The summed E-state index contributed by atoms with van der Waals surface area (Å²) < 4.78 is 5.41. The monoisotopic (exact) mass is 380 g/mol. The van der Waals surface area contributed by atoms with Crippen molar-refractivity contribution in [2.75, 3.05) is 18.4 Å². The molecular formula is C22H24N2O4. The minimum atomic E-state index is -0.281. The molecule has 1 N–H and O–H groups in total. The van der Waals surface area contributed by atoms with Gasteiger partial charge < -0.3 is 15.0 Å². The van der Waals surface area contributed by atoms with Crippen molar-refractivity contribution >= 4 is 23.5 Å². The zero-order valence-electron chi connectivity index (χ0n) is 15.9. The van der Waals surface area contributed by atoms with Gasteiger partial charge in [0.25, 0.3) is 5.91 Å². The Kier molecular flexibility index (Phi) is 6.42. The molecule has 0 bridgehead atoms. The number of esters is 1. The summed E-state index contributed by atoms with van der Waals surface area (Å²) >= 11 is 0. The molecule has 1 atom stereocenters. The molecule has 6 nitrogen and oxygen atoms in total. The van der Waals surface area contributed by atoms with Crippen LogP contribution in [0.15, 0.2) is 54.6 Å². The molecule has 2 aromatic rings. The second kappa shape index (κ2) is 9.17. The minimum absolute atomic E-state index is 0.0122. The number of hydrogen-bond acceptors (Lipinski definition) is 4. The standard InChI is InChI=1S/C22H24N2O4/c1-16(25)24-13-5-6-19(14-24)22(27)28-15-17-9-11-18(12-10-17)21(26)23-20-7-3-2-4-8-20/h2-4,7-12,19H,5-6,13-15H2,1H3,(H,23,26)/t19-/m0/s1. The van der Waals surface area contributed by atoms with Gasteiger partial charge >= 0.3 is 5.97 Å². The number of para-hydroxylation sites is 1. The van der Waals surface area contributed by atoms with Crippen LogP contribution in [0.2, 0.25) is 0 Å². The molecule has 0 spiro atoms. The van der Waals surface area contributed by atoms with Gasteiger partial charge in [0.1, 0.15) is 6.61 Å². The number of carbonyl (C=O) groups is 3. The molecule has 0 aliphatic carbocycles. The first kappa shape index (κ1) is 19.6. The number of amides is 2. The zero-order valence-corrected chi connectivity index (χ0v) is 15.9. The smallest absolute Gasteiger partial charge is 0.311 e. The van der Waals surface area contributed by atoms with Crippen molar-refractivity contribution in [3.63, 3.8) is 0 Å². The highest BCUT2D eigenvalue weighted by molar-refractivity contribution is 6.04. The van der Waals surface area contributed by atoms with E-state index in [1.807, 2.05) is 30.3 Å². The van der Waals surface area contributed by atoms with Gasteiger partial charge in [-0.25, -0.2) is 0 Å². The van der Waals surface area contributed by atoms with Gasteiger partial charge in [0.2, 0.25) is 5.91 Å². The van der Waals surface area contributed by atoms with Crippen molar-refractivity contribution in [3.05, 3.63) is 65.7 Å². The summed E-state index contributed by atoms with van der Waals surface area (Å²) in [6, 6.07) is 16.2. The third-order valence-corrected chi connectivity index (χ3v) is 4.83. The number of nitrogens with one attached hydrogen (secondary N) is 1. The van der Waals surface area contributed by atoms with Crippen LogP contribution in [-0.4, -0.2) is 35.8 Å². The van der Waals surface area contributed by atoms with Crippen molar-refractivity contribution in [2.45, 2.75) is 26.4 Å². The lowest BCUT2D eigenvalue weighted by Gasteiger charge is -2.30. The highest BCUT2D eigenvalue weighted by Gasteiger charge is 2.28. The average molecular weight is 380 g/mol. The van der Waals surface area contributed by atoms with Crippen LogP contribution in [0.5, 0.6) is 0 Å². The number of hydrogen-bond donors (Lipinski definition) is 1. The van der Waals surface area contributed by atoms with Crippen LogP contribution in [0.25, 0.3) is 0 Å². The summed E-state index contributed by atoms with van der Waals surface area (Å²) in [7, 11) is 0. The summed E-state index contributed by atoms with van der Waals surface area (Å²) in [4.78, 5) is 37.7. The topological polar surface area (TPSA) is 75.7 Å². The summed E-state index contributed by atoms with van der Waals surface area (Å²) in [5.41, 5.74) is 2.07. The molecule has 146 valence electrons. The highest BCUT2D eigenvalue weighted by atomic mass is 16.5. The first-order chi connectivity index (χ1) is 13.5. The Morgan fingerprint density at radius 3 is 2.46 bits per heavy atom. The van der Waals surface area contributed by atoms with E-state index in [9.17, 15) is 14.4 Å². The predicted molar refractivity (Wildman–Crippen MR) is 106 cm³/mol. The van der Waals surface area contributed by atoms with Gasteiger partial charge in [-0.1, -0.05) is 30.3 Å². The molecule has 2 aromatic carbocycles. The van der Waals surface area contributed by atoms with Crippen LogP contribution in [0.3, 0.4) is 0 Å². The van der Waals surface area contributed by atoms with E-state index < -0.39 is 0 Å². The van der Waals surface area contributed by atoms with E-state index in [1.54, 1.807) is 29.2 Å². The molecule has 3 rings (SSSR count). The predicted octanol–water partition coefficient (Wildman–Crippen LogP) is 3.24. The van der Waals surface area contributed by atoms with E-state index in [0.29, 0.717) is 18.7 Å². The third-order valence-electron chi connectivity index (χ3n) is 4.83. The van der Waals surface area contributed by atoms with Crippen LogP contribution in [0.4, 0.5) is 5.69 Å². The second-order valence-corrected chi connectivity index (χ2v) is 6.93. The fourth-order valence-corrected chi connectivity index (χ4v) is 3.20. The number of rotatable bonds is 5. The van der Waals surface area contributed by atoms with E-state index in [2.05, 4.69) is 5.32 Å². The summed E-state index contributed by atoms with van der Waals surface area (Å²) in [6.45, 7) is 2.79. The molecule has 0 radical (unpaired) electrons. The first-order valence-electron chi connectivity index (χ1n) is 9.40. The number of ether oxygens (including phenoxy) is 1. The Balaban J connectivity index is 1.51. The molecular weight excluding hydrogens is 356 g/mol. The maximum atomic E-state index is 12.3. The molecule has 28 heavy (non-hydrogen) atoms. The molecule has 1 saturated heterocycles. The quantitative estimate of drug-likeness (QED) is 0.808. The maximum absolute atomic E-state index is 12.3. The lowest BCUT2D eigenvalue weighted by Crippen LogP contribution is -2.41. The van der Waals surface area contributed by atoms with Gasteiger partial charge in [0.15, 0.2) is 0 Å². The Hall–Kier alpha value is -3.15. The third kappa shape index (κ3) is 5.19. The van der Waals surface area contributed by atoms with Gasteiger partial charge in [0, 0.05) is 31.3 Å². The average Bonchev–Trinajstić information content (AvgIpc) is 2.73. The molecule has 1 heterocycles. The van der Waals surface area contributed by atoms with Crippen molar-refractivity contribution in [1.29, 1.82) is 0 Å². The molecule has 1 aliphatic rings. The number of benzene rings is 2. The van der Waals surface area contributed by atoms with Gasteiger partial charge in [-0.2, -0.15) is 0 Å². The van der Waals surface area contributed by atoms with Gasteiger partial charge in [-0.3, -0.25) is 14.4 Å². The highest BCUT2D eigenvalue weighted by Crippen LogP contribution is 2.19. The molecule has 0 aromatic heterocycles. The minimum Gasteiger partial charge on any atom is -0.461 e. The van der Waals surface area contributed by atoms with E-state index in [0.717, 1.165) is 24.1 Å². The van der Waals surface area contributed by atoms with Gasteiger partial charge in [-0.15, -0.1) is 0 Å². The normalized spacial score (nSPS) is 16.3. The fourth-order valence-electron chi connectivity index (χ4n) is 3.20. The number of likely N-dealkylation sites (tertiary alicyclic amines) is 1. The Bertz CT molecular complexity index is 833. The molecule has 1 aliphatic heterocycles. The SMILES string of the molecule is CC(=O)N1CCC[C@H](C(=O)OCc2ccc(C(=O)Nc3ccccc3)cc2)C1. The van der Waals surface area contributed by atoms with Crippen molar-refractivity contribution in [2.24, 2.45) is 5.92 Å². The van der Waals surface area contributed by atoms with Crippen molar-refractivity contribution in [3.8, 4) is 0 Å². The second-order valence-electron chi connectivity index (χ2n) is 6.93. The summed E-state index contributed by atoms with van der Waals surface area (Å²) in [5.74, 6) is -0.756. The van der Waals surface area contributed by atoms with Crippen LogP contribution < -0.4 is 5.32 Å². The van der Waals surface area contributed by atoms with Crippen LogP contribution in [-0.2, 0) is 20.9 Å². The zero-order chi connectivity index (χ0) is 19.9. The van der Waals surface area contributed by atoms with Crippen LogP contribution in [0.1, 0.15) is 35.7 Å². The van der Waals surface area contributed by atoms with E-state index >= 15 is 0 Å². The number of carbonyl (C=O) groups excluding carboxylic acids is 3. The number of anilines is 1. The Labute approximate surface area is 164 Å². The Morgan fingerprint density at radius 1 is 1.07 bits per heavy atom. The van der Waals surface area contributed by atoms with E-state index in [-0.39, 0.29) is 30.3 Å². The Morgan fingerprint density at radius 2 is 1.79 bits per heavy atom. The van der Waals surface area contributed by atoms with Crippen LogP contribution in [0, 0.1) is 5.92 Å². The van der Waals surface area contributed by atoms with Gasteiger partial charge in [-0.05, 0) is 42.7 Å². The number of piperidine rings is 1. The van der Waals surface area contributed by atoms with Crippen LogP contribution >= 0.6 is 0 Å². The van der Waals surface area contributed by atoms with E-state index in [4.69, 9.17) is 4.74 Å². The maximum Gasteiger partial charge on any atom is 0.311 e. The molecule has 6 heteroatoms. The van der Waals surface area contributed by atoms with Crippen molar-refractivity contribution in [1.82, 2.24) is 4.90 Å². The lowest BCUT2D eigenvalue weighted by molar-refractivity contribution is -0.152. The van der Waals surface area contributed by atoms with Crippen molar-refractivity contribution < 1.29 is 19.1 Å². The van der Waals surface area contributed by atoms with E-state index in [1.165, 1.54) is 6.92 Å². The molecule has 0 unspecified atom stereocenters. The molecule has 2 amide bonds. The molecule has 1 fully saturated rings. The summed E-state index contributed by atoms with van der Waals surface area (Å²) in [5, 5.41) is 2.83. The van der Waals surface area contributed by atoms with Gasteiger partial charge in [0.05, 0.1) is 5.92 Å². The molecule has 0 saturated carbocycles. The lowest BCUT2D eigenvalue weighted by atomic mass is 9.98. The summed E-state index contributed by atoms with van der Waals surface area (Å²) in [6.07, 6.45) is 1.55. The number of nitrogens with zero attached hydrogens (tertiary/aromatic N) is 1. The largest absolute Gasteiger partial charge is 0.461 e. The fraction of sp³-hybridized carbons (Fsp3) is 0.318.